The summed E-state index contributed by atoms with van der Waals surface area (Å²) in [6.45, 7) is 5.19. The van der Waals surface area contributed by atoms with Crippen molar-refractivity contribution in [2.75, 3.05) is 12.8 Å². The fourth-order valence-electron chi connectivity index (χ4n) is 1.48. The maximum absolute atomic E-state index is 5.99. The highest BCUT2D eigenvalue weighted by molar-refractivity contribution is 6.38. The molecule has 2 N–H and O–H groups in total. The number of hydrogen-bond donors (Lipinski definition) is 1. The zero-order chi connectivity index (χ0) is 12.3. The molecule has 0 aromatic heterocycles. The summed E-state index contributed by atoms with van der Waals surface area (Å²) in [6.07, 6.45) is 1.12. The molecule has 1 unspecified atom stereocenters. The van der Waals surface area contributed by atoms with Crippen molar-refractivity contribution in [2.24, 2.45) is 0 Å². The molecule has 1 aromatic rings. The van der Waals surface area contributed by atoms with Crippen LogP contribution < -0.4 is 5.73 Å². The normalized spacial score (nSPS) is 13.1. The highest BCUT2D eigenvalue weighted by Crippen LogP contribution is 2.29. The summed E-state index contributed by atoms with van der Waals surface area (Å²) in [5.74, 6) is 0. The molecule has 0 saturated heterocycles. The van der Waals surface area contributed by atoms with Crippen molar-refractivity contribution < 1.29 is 0 Å². The molecule has 1 rings (SSSR count). The second-order valence-electron chi connectivity index (χ2n) is 4.15. The van der Waals surface area contributed by atoms with Crippen molar-refractivity contribution in [3.05, 3.63) is 27.7 Å². The molecule has 0 spiro atoms. The lowest BCUT2D eigenvalue weighted by Gasteiger charge is -2.23. The van der Waals surface area contributed by atoms with E-state index in [9.17, 15) is 0 Å². The lowest BCUT2D eigenvalue weighted by molar-refractivity contribution is 0.244. The van der Waals surface area contributed by atoms with Crippen molar-refractivity contribution in [1.29, 1.82) is 0 Å². The molecule has 16 heavy (non-hydrogen) atoms. The lowest BCUT2D eigenvalue weighted by Crippen LogP contribution is -2.27. The van der Waals surface area contributed by atoms with Crippen molar-refractivity contribution in [3.8, 4) is 0 Å². The van der Waals surface area contributed by atoms with Crippen LogP contribution in [0.15, 0.2) is 12.1 Å². The van der Waals surface area contributed by atoms with Crippen LogP contribution in [0.25, 0.3) is 0 Å². The predicted molar refractivity (Wildman–Crippen MR) is 72.1 cm³/mol. The summed E-state index contributed by atoms with van der Waals surface area (Å²) in [4.78, 5) is 2.26. The standard InChI is InChI=1S/C12H18Cl2N2/c1-4-8(2)16(3)7-9-5-10(13)12(15)11(14)6-9/h5-6,8H,4,7,15H2,1-3H3. The van der Waals surface area contributed by atoms with Crippen molar-refractivity contribution in [2.45, 2.75) is 32.9 Å². The van der Waals surface area contributed by atoms with E-state index >= 15 is 0 Å². The Hall–Kier alpha value is -0.440. The number of benzene rings is 1. The Kier molecular flexibility index (Phi) is 4.90. The first-order valence-electron chi connectivity index (χ1n) is 5.39. The summed E-state index contributed by atoms with van der Waals surface area (Å²) in [7, 11) is 2.09. The quantitative estimate of drug-likeness (QED) is 0.835. The molecule has 4 heteroatoms. The predicted octanol–water partition coefficient (Wildman–Crippen LogP) is 3.81. The Morgan fingerprint density at radius 2 is 1.81 bits per heavy atom. The van der Waals surface area contributed by atoms with Crippen molar-refractivity contribution in [1.82, 2.24) is 4.90 Å². The van der Waals surface area contributed by atoms with E-state index in [0.29, 0.717) is 21.8 Å². The number of rotatable bonds is 4. The average Bonchev–Trinajstić information content (AvgIpc) is 2.24. The van der Waals surface area contributed by atoms with Gasteiger partial charge in [0.25, 0.3) is 0 Å². The van der Waals surface area contributed by atoms with Crippen LogP contribution in [0.2, 0.25) is 10.0 Å². The van der Waals surface area contributed by atoms with Crippen LogP contribution >= 0.6 is 23.2 Å². The molecule has 0 fully saturated rings. The second-order valence-corrected chi connectivity index (χ2v) is 4.96. The molecule has 0 aliphatic carbocycles. The average molecular weight is 261 g/mol. The van der Waals surface area contributed by atoms with Crippen LogP contribution in [0.4, 0.5) is 5.69 Å². The van der Waals surface area contributed by atoms with E-state index in [1.54, 1.807) is 0 Å². The zero-order valence-corrected chi connectivity index (χ0v) is 11.4. The minimum atomic E-state index is 0.457. The molecule has 0 radical (unpaired) electrons. The SMILES string of the molecule is CCC(C)N(C)Cc1cc(Cl)c(N)c(Cl)c1. The zero-order valence-electron chi connectivity index (χ0n) is 9.93. The first-order valence-corrected chi connectivity index (χ1v) is 6.15. The molecule has 0 bridgehead atoms. The molecule has 0 heterocycles. The van der Waals surface area contributed by atoms with Gasteiger partial charge in [-0.3, -0.25) is 4.90 Å². The summed E-state index contributed by atoms with van der Waals surface area (Å²) >= 11 is 12.0. The van der Waals surface area contributed by atoms with Gasteiger partial charge in [0.05, 0.1) is 15.7 Å². The van der Waals surface area contributed by atoms with E-state index in [1.807, 2.05) is 12.1 Å². The smallest absolute Gasteiger partial charge is 0.0693 e. The lowest BCUT2D eigenvalue weighted by atomic mass is 10.1. The molecule has 0 amide bonds. The van der Waals surface area contributed by atoms with Gasteiger partial charge < -0.3 is 5.73 Å². The molecular formula is C12H18Cl2N2. The molecule has 2 nitrogen and oxygen atoms in total. The van der Waals surface area contributed by atoms with Gasteiger partial charge in [-0.15, -0.1) is 0 Å². The maximum atomic E-state index is 5.99. The highest BCUT2D eigenvalue weighted by Gasteiger charge is 2.10. The van der Waals surface area contributed by atoms with Gasteiger partial charge in [0.15, 0.2) is 0 Å². The Morgan fingerprint density at radius 1 is 1.31 bits per heavy atom. The second kappa shape index (κ2) is 5.76. The number of nitrogen functional groups attached to an aromatic ring is 1. The molecule has 0 aliphatic rings. The number of hydrogen-bond acceptors (Lipinski definition) is 2. The van der Waals surface area contributed by atoms with Gasteiger partial charge in [0.1, 0.15) is 0 Å². The highest BCUT2D eigenvalue weighted by atomic mass is 35.5. The van der Waals surface area contributed by atoms with Gasteiger partial charge in [-0.2, -0.15) is 0 Å². The van der Waals surface area contributed by atoms with E-state index in [4.69, 9.17) is 28.9 Å². The van der Waals surface area contributed by atoms with Gasteiger partial charge >= 0.3 is 0 Å². The van der Waals surface area contributed by atoms with Crippen molar-refractivity contribution in [3.63, 3.8) is 0 Å². The topological polar surface area (TPSA) is 29.3 Å². The van der Waals surface area contributed by atoms with E-state index in [-0.39, 0.29) is 0 Å². The van der Waals surface area contributed by atoms with Crippen LogP contribution in [0, 0.1) is 0 Å². The molecule has 0 saturated carbocycles. The third kappa shape index (κ3) is 3.27. The fraction of sp³-hybridized carbons (Fsp3) is 0.500. The minimum absolute atomic E-state index is 0.457. The molecule has 0 aliphatic heterocycles. The Morgan fingerprint density at radius 3 is 2.25 bits per heavy atom. The third-order valence-electron chi connectivity index (χ3n) is 2.91. The van der Waals surface area contributed by atoms with E-state index in [2.05, 4.69) is 25.8 Å². The summed E-state index contributed by atoms with van der Waals surface area (Å²) < 4.78 is 0. The van der Waals surface area contributed by atoms with Crippen LogP contribution in [0.3, 0.4) is 0 Å². The van der Waals surface area contributed by atoms with Gasteiger partial charge in [0, 0.05) is 12.6 Å². The van der Waals surface area contributed by atoms with Gasteiger partial charge in [-0.25, -0.2) is 0 Å². The first kappa shape index (κ1) is 13.6. The van der Waals surface area contributed by atoms with E-state index in [0.717, 1.165) is 18.5 Å². The maximum Gasteiger partial charge on any atom is 0.0693 e. The van der Waals surface area contributed by atoms with Gasteiger partial charge in [-0.05, 0) is 38.1 Å². The Labute approximate surface area is 107 Å². The monoisotopic (exact) mass is 260 g/mol. The third-order valence-corrected chi connectivity index (χ3v) is 3.54. The van der Waals surface area contributed by atoms with E-state index in [1.165, 1.54) is 0 Å². The van der Waals surface area contributed by atoms with Gasteiger partial charge in [-0.1, -0.05) is 30.1 Å². The number of nitrogens with zero attached hydrogens (tertiary/aromatic N) is 1. The molecule has 1 aromatic carbocycles. The minimum Gasteiger partial charge on any atom is -0.396 e. The number of halogens is 2. The summed E-state index contributed by atoms with van der Waals surface area (Å²) in [5.41, 5.74) is 7.24. The largest absolute Gasteiger partial charge is 0.396 e. The van der Waals surface area contributed by atoms with Crippen LogP contribution in [-0.4, -0.2) is 18.0 Å². The van der Waals surface area contributed by atoms with Gasteiger partial charge in [0.2, 0.25) is 0 Å². The van der Waals surface area contributed by atoms with Crippen LogP contribution in [0.1, 0.15) is 25.8 Å². The number of nitrogens with two attached hydrogens (primary N) is 1. The number of anilines is 1. The molecular weight excluding hydrogens is 243 g/mol. The van der Waals surface area contributed by atoms with Crippen LogP contribution in [0.5, 0.6) is 0 Å². The Bertz CT molecular complexity index is 343. The molecule has 90 valence electrons. The first-order chi connectivity index (χ1) is 7.45. The van der Waals surface area contributed by atoms with Crippen molar-refractivity contribution >= 4 is 28.9 Å². The fourth-order valence-corrected chi connectivity index (χ4v) is 2.02. The molecule has 1 atom stereocenters. The summed E-state index contributed by atoms with van der Waals surface area (Å²) in [5, 5.41) is 1.06. The van der Waals surface area contributed by atoms with E-state index < -0.39 is 0 Å². The summed E-state index contributed by atoms with van der Waals surface area (Å²) in [6, 6.07) is 4.29. The Balaban J connectivity index is 2.82. The van der Waals surface area contributed by atoms with Crippen LogP contribution in [-0.2, 0) is 6.54 Å².